The summed E-state index contributed by atoms with van der Waals surface area (Å²) in [7, 11) is 1.98. The summed E-state index contributed by atoms with van der Waals surface area (Å²) in [5, 5.41) is 1.04. The maximum Gasteiger partial charge on any atom is 0.152 e. The third-order valence-electron chi connectivity index (χ3n) is 5.12. The molecule has 0 bridgehead atoms. The molecule has 0 N–H and O–H groups in total. The number of carbonyl (C=O) groups excluding carboxylic acids is 1. The highest BCUT2D eigenvalue weighted by atomic mass is 16.1. The van der Waals surface area contributed by atoms with Gasteiger partial charge in [0.15, 0.2) is 6.29 Å². The van der Waals surface area contributed by atoms with E-state index >= 15 is 0 Å². The molecule has 128 valence electrons. The lowest BCUT2D eigenvalue weighted by Gasteiger charge is -2.36. The van der Waals surface area contributed by atoms with E-state index in [9.17, 15) is 4.79 Å². The minimum Gasteiger partial charge on any atom is -0.369 e. The van der Waals surface area contributed by atoms with E-state index < -0.39 is 0 Å². The second-order valence-corrected chi connectivity index (χ2v) is 6.76. The Hall–Kier alpha value is -2.59. The lowest BCUT2D eigenvalue weighted by molar-refractivity contribution is 0.112. The van der Waals surface area contributed by atoms with E-state index in [2.05, 4.69) is 58.3 Å². The fourth-order valence-electron chi connectivity index (χ4n) is 3.71. The molecule has 4 nitrogen and oxygen atoms in total. The predicted octanol–water partition coefficient (Wildman–Crippen LogP) is 3.31. The van der Waals surface area contributed by atoms with Crippen LogP contribution in [0.2, 0.25) is 0 Å². The first-order valence-electron chi connectivity index (χ1n) is 8.80. The van der Waals surface area contributed by atoms with E-state index in [1.54, 1.807) is 0 Å². The Morgan fingerprint density at radius 3 is 2.48 bits per heavy atom. The molecule has 0 aliphatic carbocycles. The summed E-state index contributed by atoms with van der Waals surface area (Å²) in [5.74, 6) is 0. The van der Waals surface area contributed by atoms with Gasteiger partial charge in [-0.3, -0.25) is 9.69 Å². The number of hydrogen-bond donors (Lipinski definition) is 0. The van der Waals surface area contributed by atoms with Crippen molar-refractivity contribution in [3.63, 3.8) is 0 Å². The minimum absolute atomic E-state index is 0.766. The molecule has 4 rings (SSSR count). The van der Waals surface area contributed by atoms with Gasteiger partial charge in [-0.25, -0.2) is 0 Å². The Kier molecular flexibility index (Phi) is 4.28. The highest BCUT2D eigenvalue weighted by Gasteiger charge is 2.18. The Balaban J connectivity index is 1.47. The zero-order chi connectivity index (χ0) is 17.2. The van der Waals surface area contributed by atoms with Crippen LogP contribution in [0.1, 0.15) is 15.9 Å². The van der Waals surface area contributed by atoms with Crippen molar-refractivity contribution in [1.29, 1.82) is 0 Å². The zero-order valence-electron chi connectivity index (χ0n) is 14.6. The molecule has 0 spiro atoms. The maximum absolute atomic E-state index is 11.3. The Bertz CT molecular complexity index is 877. The van der Waals surface area contributed by atoms with Crippen LogP contribution in [-0.2, 0) is 13.6 Å². The molecule has 1 saturated heterocycles. The average molecular weight is 333 g/mol. The second-order valence-electron chi connectivity index (χ2n) is 6.76. The summed E-state index contributed by atoms with van der Waals surface area (Å²) < 4.78 is 2.01. The van der Waals surface area contributed by atoms with Gasteiger partial charge in [-0.05, 0) is 23.8 Å². The zero-order valence-corrected chi connectivity index (χ0v) is 14.6. The van der Waals surface area contributed by atoms with Gasteiger partial charge in [-0.15, -0.1) is 0 Å². The number of benzene rings is 2. The van der Waals surface area contributed by atoms with Crippen LogP contribution in [0, 0.1) is 0 Å². The molecule has 0 radical (unpaired) electrons. The Morgan fingerprint density at radius 2 is 1.76 bits per heavy atom. The van der Waals surface area contributed by atoms with Crippen molar-refractivity contribution in [2.45, 2.75) is 6.54 Å². The number of anilines is 1. The van der Waals surface area contributed by atoms with Gasteiger partial charge in [0.2, 0.25) is 0 Å². The molecule has 1 aromatic heterocycles. The number of aryl methyl sites for hydroxylation is 1. The van der Waals surface area contributed by atoms with Crippen LogP contribution in [-0.4, -0.2) is 41.9 Å². The quantitative estimate of drug-likeness (QED) is 0.686. The van der Waals surface area contributed by atoms with E-state index in [0.29, 0.717) is 0 Å². The standard InChI is InChI=1S/C21H23N3O/c1-22-15-18(16-25)20-13-19(7-8-21(20)22)24-11-9-23(10-12-24)14-17-5-3-2-4-6-17/h2-8,13,15-16H,9-12,14H2,1H3. The summed E-state index contributed by atoms with van der Waals surface area (Å²) in [5.41, 5.74) is 4.45. The van der Waals surface area contributed by atoms with Crippen LogP contribution < -0.4 is 4.90 Å². The van der Waals surface area contributed by atoms with Crippen LogP contribution in [0.4, 0.5) is 5.69 Å². The molecular weight excluding hydrogens is 310 g/mol. The monoisotopic (exact) mass is 333 g/mol. The van der Waals surface area contributed by atoms with Crippen molar-refractivity contribution in [2.24, 2.45) is 7.05 Å². The lowest BCUT2D eigenvalue weighted by Crippen LogP contribution is -2.45. The number of hydrogen-bond acceptors (Lipinski definition) is 3. The van der Waals surface area contributed by atoms with Crippen molar-refractivity contribution < 1.29 is 4.79 Å². The number of aromatic nitrogens is 1. The predicted molar refractivity (Wildman–Crippen MR) is 102 cm³/mol. The summed E-state index contributed by atoms with van der Waals surface area (Å²) in [4.78, 5) is 16.2. The summed E-state index contributed by atoms with van der Waals surface area (Å²) in [6.07, 6.45) is 2.85. The van der Waals surface area contributed by atoms with Crippen LogP contribution in [0.5, 0.6) is 0 Å². The normalized spacial score (nSPS) is 15.6. The van der Waals surface area contributed by atoms with Crippen LogP contribution in [0.15, 0.2) is 54.7 Å². The van der Waals surface area contributed by atoms with Gasteiger partial charge in [-0.1, -0.05) is 30.3 Å². The SMILES string of the molecule is Cn1cc(C=O)c2cc(N3CCN(Cc4ccccc4)CC3)ccc21. The molecule has 2 heterocycles. The number of nitrogens with zero attached hydrogens (tertiary/aromatic N) is 3. The molecule has 3 aromatic rings. The van der Waals surface area contributed by atoms with E-state index in [0.717, 1.165) is 55.5 Å². The smallest absolute Gasteiger partial charge is 0.152 e. The Labute approximate surface area is 148 Å². The first-order chi connectivity index (χ1) is 12.2. The van der Waals surface area contributed by atoms with Crippen LogP contribution in [0.3, 0.4) is 0 Å². The minimum atomic E-state index is 0.766. The van der Waals surface area contributed by atoms with Gasteiger partial charge >= 0.3 is 0 Å². The van der Waals surface area contributed by atoms with Crippen molar-refractivity contribution in [1.82, 2.24) is 9.47 Å². The van der Waals surface area contributed by atoms with Gasteiger partial charge in [0, 0.05) is 68.1 Å². The summed E-state index contributed by atoms with van der Waals surface area (Å²) >= 11 is 0. The molecule has 0 saturated carbocycles. The molecule has 0 amide bonds. The molecular formula is C21H23N3O. The van der Waals surface area contributed by atoms with E-state index in [1.807, 2.05) is 17.8 Å². The average Bonchev–Trinajstić information content (AvgIpc) is 2.99. The van der Waals surface area contributed by atoms with Crippen molar-refractivity contribution >= 4 is 22.9 Å². The molecule has 4 heteroatoms. The highest BCUT2D eigenvalue weighted by molar-refractivity contribution is 5.99. The number of piperazine rings is 1. The molecule has 1 fully saturated rings. The molecule has 1 aliphatic heterocycles. The van der Waals surface area contributed by atoms with Gasteiger partial charge < -0.3 is 9.47 Å². The van der Waals surface area contributed by atoms with Gasteiger partial charge in [0.25, 0.3) is 0 Å². The molecule has 2 aromatic carbocycles. The molecule has 0 unspecified atom stereocenters. The van der Waals surface area contributed by atoms with E-state index in [1.165, 1.54) is 11.3 Å². The van der Waals surface area contributed by atoms with Gasteiger partial charge in [0.05, 0.1) is 0 Å². The topological polar surface area (TPSA) is 28.5 Å². The lowest BCUT2D eigenvalue weighted by atomic mass is 10.1. The van der Waals surface area contributed by atoms with E-state index in [-0.39, 0.29) is 0 Å². The highest BCUT2D eigenvalue weighted by Crippen LogP contribution is 2.26. The van der Waals surface area contributed by atoms with Crippen molar-refractivity contribution in [3.8, 4) is 0 Å². The summed E-state index contributed by atoms with van der Waals surface area (Å²) in [6.45, 7) is 5.16. The number of carbonyl (C=O) groups is 1. The third-order valence-corrected chi connectivity index (χ3v) is 5.12. The fourth-order valence-corrected chi connectivity index (χ4v) is 3.71. The first kappa shape index (κ1) is 15.9. The van der Waals surface area contributed by atoms with Crippen LogP contribution in [0.25, 0.3) is 10.9 Å². The Morgan fingerprint density at radius 1 is 1.00 bits per heavy atom. The number of aldehydes is 1. The molecule has 0 atom stereocenters. The van der Waals surface area contributed by atoms with Crippen molar-refractivity contribution in [3.05, 3.63) is 65.9 Å². The maximum atomic E-state index is 11.3. The van der Waals surface area contributed by atoms with Crippen molar-refractivity contribution in [2.75, 3.05) is 31.1 Å². The largest absolute Gasteiger partial charge is 0.369 e. The third kappa shape index (κ3) is 3.17. The van der Waals surface area contributed by atoms with E-state index in [4.69, 9.17) is 0 Å². The molecule has 25 heavy (non-hydrogen) atoms. The molecule has 1 aliphatic rings. The number of fused-ring (bicyclic) bond motifs is 1. The first-order valence-corrected chi connectivity index (χ1v) is 8.80. The fraction of sp³-hybridized carbons (Fsp3) is 0.286. The van der Waals surface area contributed by atoms with Crippen LogP contribution >= 0.6 is 0 Å². The summed E-state index contributed by atoms with van der Waals surface area (Å²) in [6, 6.07) is 17.1. The number of rotatable bonds is 4. The second kappa shape index (κ2) is 6.73. The van der Waals surface area contributed by atoms with Gasteiger partial charge in [-0.2, -0.15) is 0 Å². The van der Waals surface area contributed by atoms with Gasteiger partial charge in [0.1, 0.15) is 0 Å².